The van der Waals surface area contributed by atoms with Crippen LogP contribution in [0.3, 0.4) is 0 Å². The first-order valence-electron chi connectivity index (χ1n) is 5.67. The van der Waals surface area contributed by atoms with E-state index in [-0.39, 0.29) is 6.10 Å². The maximum absolute atomic E-state index is 11.8. The molecule has 5 heteroatoms. The summed E-state index contributed by atoms with van der Waals surface area (Å²) in [5.74, 6) is 0. The van der Waals surface area contributed by atoms with Gasteiger partial charge in [-0.15, -0.1) is 0 Å². The van der Waals surface area contributed by atoms with Gasteiger partial charge >= 0.3 is 0 Å². The van der Waals surface area contributed by atoms with Crippen LogP contribution < -0.4 is 0 Å². The second-order valence-corrected chi connectivity index (χ2v) is 3.55. The van der Waals surface area contributed by atoms with Crippen molar-refractivity contribution in [2.24, 2.45) is 0 Å². The van der Waals surface area contributed by atoms with Crippen molar-refractivity contribution >= 4 is 0 Å². The van der Waals surface area contributed by atoms with E-state index < -0.39 is 6.29 Å². The molecule has 0 spiro atoms. The predicted octanol–water partition coefficient (Wildman–Crippen LogP) is 1.98. The molecule has 0 aliphatic carbocycles. The highest BCUT2D eigenvalue weighted by atomic mass is 19.3. The lowest BCUT2D eigenvalue weighted by Crippen LogP contribution is -2.41. The Kier molecular flexibility index (Phi) is 12.8. The number of hydrogen-bond donors (Lipinski definition) is 1. The van der Waals surface area contributed by atoms with Crippen molar-refractivity contribution in [3.8, 4) is 0 Å². The number of hydrogen-bond acceptors (Lipinski definition) is 4. The molecule has 1 N–H and O–H groups in total. The molecule has 16 heavy (non-hydrogen) atoms. The molecule has 0 aromatic rings. The van der Waals surface area contributed by atoms with Crippen molar-refractivity contribution in [3.05, 3.63) is 0 Å². The third-order valence-electron chi connectivity index (χ3n) is 2.28. The Morgan fingerprint density at radius 2 is 1.75 bits per heavy atom. The summed E-state index contributed by atoms with van der Waals surface area (Å²) in [6.07, 6.45) is 0.939. The lowest BCUT2D eigenvalue weighted by Gasteiger charge is -2.34. The molecule has 1 rings (SSSR count). The Hall–Kier alpha value is -0.230. The van der Waals surface area contributed by atoms with Gasteiger partial charge in [0, 0.05) is 19.6 Å². The van der Waals surface area contributed by atoms with Crippen molar-refractivity contribution in [1.82, 2.24) is 4.90 Å². The van der Waals surface area contributed by atoms with E-state index >= 15 is 0 Å². The average molecular weight is 239 g/mol. The summed E-state index contributed by atoms with van der Waals surface area (Å²) in [6, 6.07) is 0.356. The van der Waals surface area contributed by atoms with E-state index in [1.165, 1.54) is 0 Å². The van der Waals surface area contributed by atoms with E-state index in [1.807, 2.05) is 34.9 Å². The molecule has 0 radical (unpaired) electrons. The lowest BCUT2D eigenvalue weighted by molar-refractivity contribution is -0.304. The van der Waals surface area contributed by atoms with E-state index in [0.717, 1.165) is 13.5 Å². The fourth-order valence-corrected chi connectivity index (χ4v) is 1.55. The maximum Gasteiger partial charge on any atom is 0.198 e. The molecular formula is C11H26FNO3. The Labute approximate surface area is 98.2 Å². The topological polar surface area (TPSA) is 41.9 Å². The van der Waals surface area contributed by atoms with Crippen molar-refractivity contribution in [2.45, 2.75) is 52.0 Å². The van der Waals surface area contributed by atoms with Gasteiger partial charge < -0.3 is 14.7 Å². The van der Waals surface area contributed by atoms with Crippen LogP contribution in [-0.4, -0.2) is 49.6 Å². The fourth-order valence-electron chi connectivity index (χ4n) is 1.55. The maximum atomic E-state index is 11.8. The molecule has 1 fully saturated rings. The van der Waals surface area contributed by atoms with Gasteiger partial charge in [0.2, 0.25) is 0 Å². The summed E-state index contributed by atoms with van der Waals surface area (Å²) in [4.78, 5) is 5.77. The van der Waals surface area contributed by atoms with Gasteiger partial charge in [0.25, 0.3) is 0 Å². The molecule has 0 saturated carbocycles. The van der Waals surface area contributed by atoms with Gasteiger partial charge in [0.05, 0.1) is 6.10 Å². The highest BCUT2D eigenvalue weighted by molar-refractivity contribution is 4.76. The number of aliphatic hydroxyl groups is 1. The first-order valence-corrected chi connectivity index (χ1v) is 5.67. The molecule has 0 amide bonds. The van der Waals surface area contributed by atoms with Crippen LogP contribution >= 0.6 is 0 Å². The molecule has 0 bridgehead atoms. The standard InChI is InChI=1S/C8H16FNO2.C2H6.CH4O/c1-6-4-7(10(2)3)5-8(11-6)12-9;2*1-2/h6-8H,4-5H2,1-3H3;1-2H3;2H,1H3/t6-,7+,8+;;/m1../s1. The molecular weight excluding hydrogens is 213 g/mol. The van der Waals surface area contributed by atoms with Crippen LogP contribution in [0.1, 0.15) is 33.6 Å². The molecule has 0 aromatic heterocycles. The second-order valence-electron chi connectivity index (χ2n) is 3.55. The second kappa shape index (κ2) is 11.3. The van der Waals surface area contributed by atoms with Gasteiger partial charge in [-0.2, -0.15) is 4.94 Å². The van der Waals surface area contributed by atoms with Gasteiger partial charge in [-0.3, -0.25) is 0 Å². The number of halogens is 1. The summed E-state index contributed by atoms with van der Waals surface area (Å²) < 4.78 is 17.0. The molecule has 0 unspecified atom stereocenters. The van der Waals surface area contributed by atoms with E-state index in [9.17, 15) is 4.53 Å². The number of aliphatic hydroxyl groups excluding tert-OH is 1. The SMILES string of the molecule is CC.CO.C[C@@H]1C[C@H](N(C)C)C[C@H](OF)O1. The quantitative estimate of drug-likeness (QED) is 0.800. The average Bonchev–Trinajstić information content (AvgIpc) is 2.33. The number of ether oxygens (including phenoxy) is 1. The first-order chi connectivity index (χ1) is 7.63. The van der Waals surface area contributed by atoms with Gasteiger partial charge in [-0.05, 0) is 32.0 Å². The van der Waals surface area contributed by atoms with E-state index in [2.05, 4.69) is 9.84 Å². The summed E-state index contributed by atoms with van der Waals surface area (Å²) in [6.45, 7) is 5.93. The van der Waals surface area contributed by atoms with E-state index in [1.54, 1.807) is 0 Å². The summed E-state index contributed by atoms with van der Waals surface area (Å²) in [5, 5.41) is 7.00. The highest BCUT2D eigenvalue weighted by Crippen LogP contribution is 2.22. The zero-order valence-corrected chi connectivity index (χ0v) is 11.2. The summed E-state index contributed by atoms with van der Waals surface area (Å²) >= 11 is 0. The smallest absolute Gasteiger partial charge is 0.198 e. The van der Waals surface area contributed by atoms with Crippen LogP contribution in [-0.2, 0) is 9.68 Å². The van der Waals surface area contributed by atoms with Crippen LogP contribution in [0.5, 0.6) is 0 Å². The summed E-state index contributed by atoms with van der Waals surface area (Å²) in [7, 11) is 4.97. The van der Waals surface area contributed by atoms with Crippen LogP contribution in [0.4, 0.5) is 4.53 Å². The Bertz CT molecular complexity index is 147. The molecule has 1 aliphatic heterocycles. The minimum atomic E-state index is -0.679. The highest BCUT2D eigenvalue weighted by Gasteiger charge is 2.29. The lowest BCUT2D eigenvalue weighted by atomic mass is 10.0. The van der Waals surface area contributed by atoms with Crippen LogP contribution in [0.2, 0.25) is 0 Å². The monoisotopic (exact) mass is 239 g/mol. The summed E-state index contributed by atoms with van der Waals surface area (Å²) in [5.41, 5.74) is 0. The molecule has 4 nitrogen and oxygen atoms in total. The fraction of sp³-hybridized carbons (Fsp3) is 1.00. The molecule has 100 valence electrons. The number of nitrogens with zero attached hydrogens (tertiary/aromatic N) is 1. The Morgan fingerprint density at radius 1 is 1.25 bits per heavy atom. The zero-order chi connectivity index (χ0) is 13.1. The molecule has 3 atom stereocenters. The third-order valence-corrected chi connectivity index (χ3v) is 2.28. The zero-order valence-electron chi connectivity index (χ0n) is 11.2. The predicted molar refractivity (Wildman–Crippen MR) is 62.7 cm³/mol. The molecule has 1 saturated heterocycles. The van der Waals surface area contributed by atoms with Crippen molar-refractivity contribution in [3.63, 3.8) is 0 Å². The van der Waals surface area contributed by atoms with Crippen molar-refractivity contribution < 1.29 is 19.3 Å². The number of rotatable bonds is 2. The largest absolute Gasteiger partial charge is 0.400 e. The van der Waals surface area contributed by atoms with E-state index in [0.29, 0.717) is 12.5 Å². The van der Waals surface area contributed by atoms with Gasteiger partial charge in [0.1, 0.15) is 0 Å². The van der Waals surface area contributed by atoms with Crippen molar-refractivity contribution in [2.75, 3.05) is 21.2 Å². The molecule has 1 heterocycles. The molecule has 1 aliphatic rings. The van der Waals surface area contributed by atoms with Gasteiger partial charge in [0.15, 0.2) is 6.29 Å². The normalized spacial score (nSPS) is 28.7. The first kappa shape index (κ1) is 18.1. The van der Waals surface area contributed by atoms with Crippen LogP contribution in [0.15, 0.2) is 0 Å². The van der Waals surface area contributed by atoms with E-state index in [4.69, 9.17) is 9.84 Å². The van der Waals surface area contributed by atoms with Crippen molar-refractivity contribution in [1.29, 1.82) is 0 Å². The Balaban J connectivity index is 0. The minimum absolute atomic E-state index is 0.0758. The minimum Gasteiger partial charge on any atom is -0.400 e. The third kappa shape index (κ3) is 7.11. The molecule has 0 aromatic carbocycles. The Morgan fingerprint density at radius 3 is 2.12 bits per heavy atom. The van der Waals surface area contributed by atoms with Crippen LogP contribution in [0, 0.1) is 0 Å². The van der Waals surface area contributed by atoms with Gasteiger partial charge in [-0.1, -0.05) is 13.8 Å². The van der Waals surface area contributed by atoms with Gasteiger partial charge in [-0.25, -0.2) is 0 Å². The van der Waals surface area contributed by atoms with Crippen LogP contribution in [0.25, 0.3) is 0 Å².